The first-order chi connectivity index (χ1) is 17.7. The van der Waals surface area contributed by atoms with E-state index in [0.717, 1.165) is 49.8 Å². The Morgan fingerprint density at radius 3 is 2.26 bits per heavy atom. The molecule has 216 valence electrons. The summed E-state index contributed by atoms with van der Waals surface area (Å²) in [4.78, 5) is 0. The van der Waals surface area contributed by atoms with Crippen LogP contribution in [0.3, 0.4) is 0 Å². The number of hydrogen-bond acceptors (Lipinski definition) is 6. The molecule has 7 heteroatoms. The number of ether oxygens (including phenoxy) is 4. The molecule has 0 radical (unpaired) electrons. The SMILES string of the molecule is COc1ccc(CO[C@H]2CCC[C@H](O[Si](C)(C)C(C)(C)C)[C@@]2(C)C[C@@H](O)[C@@]2(C)CCC3(C2)OCCO3)cc1. The molecule has 38 heavy (non-hydrogen) atoms. The van der Waals surface area contributed by atoms with Gasteiger partial charge in [0.25, 0.3) is 0 Å². The summed E-state index contributed by atoms with van der Waals surface area (Å²) < 4.78 is 31.2. The van der Waals surface area contributed by atoms with Crippen LogP contribution in [0.15, 0.2) is 24.3 Å². The fourth-order valence-corrected chi connectivity index (χ4v) is 7.95. The molecular formula is C31H52O6Si. The van der Waals surface area contributed by atoms with Crippen molar-refractivity contribution in [2.45, 2.75) is 128 Å². The summed E-state index contributed by atoms with van der Waals surface area (Å²) >= 11 is 0. The monoisotopic (exact) mass is 548 g/mol. The number of aliphatic hydroxyl groups is 1. The Morgan fingerprint density at radius 2 is 1.66 bits per heavy atom. The lowest BCUT2D eigenvalue weighted by Crippen LogP contribution is -2.56. The Morgan fingerprint density at radius 1 is 1.03 bits per heavy atom. The van der Waals surface area contributed by atoms with E-state index in [1.54, 1.807) is 7.11 Å². The van der Waals surface area contributed by atoms with Crippen LogP contribution < -0.4 is 4.74 Å². The van der Waals surface area contributed by atoms with Crippen molar-refractivity contribution in [3.05, 3.63) is 29.8 Å². The van der Waals surface area contributed by atoms with Gasteiger partial charge in [-0.05, 0) is 73.3 Å². The second-order valence-electron chi connectivity index (χ2n) is 14.1. The third-order valence-corrected chi connectivity index (χ3v) is 14.7. The average molecular weight is 549 g/mol. The highest BCUT2D eigenvalue weighted by molar-refractivity contribution is 6.74. The standard InChI is InChI=1S/C31H52O6Si/c1-28(2,3)38(7,8)37-27-11-9-10-26(34-21-23-12-14-24(33-6)15-13-23)30(27,5)20-25(32)29(4)16-17-31(22-29)35-18-19-36-31/h12-15,25-27,32H,9-11,16-22H2,1-8H3/t25-,26+,27+,29+,30+/m1/s1. The number of benzene rings is 1. The molecule has 1 spiro atoms. The van der Waals surface area contributed by atoms with Gasteiger partial charge in [0, 0.05) is 18.3 Å². The molecule has 2 saturated carbocycles. The Hall–Kier alpha value is -0.963. The molecule has 4 rings (SSSR count). The molecule has 1 saturated heterocycles. The van der Waals surface area contributed by atoms with Crippen molar-refractivity contribution in [1.82, 2.24) is 0 Å². The minimum absolute atomic E-state index is 0.000661. The van der Waals surface area contributed by atoms with E-state index in [9.17, 15) is 5.11 Å². The lowest BCUT2D eigenvalue weighted by atomic mass is 9.64. The van der Waals surface area contributed by atoms with Gasteiger partial charge in [0.2, 0.25) is 0 Å². The van der Waals surface area contributed by atoms with Crippen molar-refractivity contribution in [2.75, 3.05) is 20.3 Å². The molecule has 6 nitrogen and oxygen atoms in total. The number of rotatable bonds is 9. The van der Waals surface area contributed by atoms with E-state index in [-0.39, 0.29) is 28.1 Å². The van der Waals surface area contributed by atoms with Crippen LogP contribution >= 0.6 is 0 Å². The highest BCUT2D eigenvalue weighted by Gasteiger charge is 2.56. The predicted octanol–water partition coefficient (Wildman–Crippen LogP) is 6.85. The van der Waals surface area contributed by atoms with Crippen LogP contribution in [0.5, 0.6) is 5.75 Å². The van der Waals surface area contributed by atoms with Crippen LogP contribution in [-0.4, -0.2) is 57.8 Å². The van der Waals surface area contributed by atoms with Crippen molar-refractivity contribution in [3.8, 4) is 5.75 Å². The molecule has 0 amide bonds. The van der Waals surface area contributed by atoms with Crippen LogP contribution in [0.1, 0.15) is 85.1 Å². The Bertz CT molecular complexity index is 921. The zero-order valence-corrected chi connectivity index (χ0v) is 26.1. The maximum atomic E-state index is 11.9. The quantitative estimate of drug-likeness (QED) is 0.341. The van der Waals surface area contributed by atoms with Gasteiger partial charge in [-0.25, -0.2) is 0 Å². The lowest BCUT2D eigenvalue weighted by Gasteiger charge is -2.52. The van der Waals surface area contributed by atoms with Gasteiger partial charge in [-0.1, -0.05) is 46.8 Å². The van der Waals surface area contributed by atoms with Gasteiger partial charge in [-0.2, -0.15) is 0 Å². The average Bonchev–Trinajstić information content (AvgIpc) is 3.45. The molecule has 0 aromatic heterocycles. The molecule has 5 atom stereocenters. The summed E-state index contributed by atoms with van der Waals surface area (Å²) in [6, 6.07) is 8.10. The first-order valence-electron chi connectivity index (χ1n) is 14.6. The third-order valence-electron chi connectivity index (χ3n) is 10.3. The van der Waals surface area contributed by atoms with E-state index in [1.165, 1.54) is 0 Å². The largest absolute Gasteiger partial charge is 0.497 e. The zero-order chi connectivity index (χ0) is 27.8. The third kappa shape index (κ3) is 6.18. The van der Waals surface area contributed by atoms with Crippen LogP contribution in [0.4, 0.5) is 0 Å². The summed E-state index contributed by atoms with van der Waals surface area (Å²) in [5, 5.41) is 12.0. The number of hydrogen-bond donors (Lipinski definition) is 1. The normalized spacial score (nSPS) is 32.6. The molecule has 3 aliphatic rings. The highest BCUT2D eigenvalue weighted by Crippen LogP contribution is 2.54. The van der Waals surface area contributed by atoms with E-state index >= 15 is 0 Å². The van der Waals surface area contributed by atoms with Crippen molar-refractivity contribution in [3.63, 3.8) is 0 Å². The molecule has 1 heterocycles. The first-order valence-corrected chi connectivity index (χ1v) is 17.5. The van der Waals surface area contributed by atoms with Crippen molar-refractivity contribution < 1.29 is 28.5 Å². The van der Waals surface area contributed by atoms with Gasteiger partial charge >= 0.3 is 0 Å². The predicted molar refractivity (Wildman–Crippen MR) is 153 cm³/mol. The summed E-state index contributed by atoms with van der Waals surface area (Å²) in [7, 11) is -0.342. The Kier molecular flexibility index (Phi) is 8.79. The van der Waals surface area contributed by atoms with E-state index < -0.39 is 20.2 Å². The lowest BCUT2D eigenvalue weighted by molar-refractivity contribution is -0.169. The van der Waals surface area contributed by atoms with Crippen molar-refractivity contribution >= 4 is 8.32 Å². The summed E-state index contributed by atoms with van der Waals surface area (Å²) in [5.74, 6) is 0.338. The molecule has 1 aromatic rings. The van der Waals surface area contributed by atoms with Gasteiger partial charge in [0.15, 0.2) is 14.1 Å². The fraction of sp³-hybridized carbons (Fsp3) is 0.806. The van der Waals surface area contributed by atoms with Crippen molar-refractivity contribution in [1.29, 1.82) is 0 Å². The van der Waals surface area contributed by atoms with Gasteiger partial charge in [0.05, 0.1) is 45.2 Å². The summed E-state index contributed by atoms with van der Waals surface area (Å²) in [6.45, 7) is 17.9. The van der Waals surface area contributed by atoms with Gasteiger partial charge in [0.1, 0.15) is 5.75 Å². The highest BCUT2D eigenvalue weighted by atomic mass is 28.4. The van der Waals surface area contributed by atoms with Crippen LogP contribution in [-0.2, 0) is 25.2 Å². The minimum atomic E-state index is -2.03. The molecular weight excluding hydrogens is 496 g/mol. The second-order valence-corrected chi connectivity index (χ2v) is 18.9. The van der Waals surface area contributed by atoms with E-state index in [2.05, 4.69) is 59.8 Å². The topological polar surface area (TPSA) is 66.4 Å². The molecule has 0 bridgehead atoms. The molecule has 0 unspecified atom stereocenters. The fourth-order valence-electron chi connectivity index (χ4n) is 6.50. The van der Waals surface area contributed by atoms with Crippen LogP contribution in [0, 0.1) is 10.8 Å². The first kappa shape index (κ1) is 30.0. The second kappa shape index (κ2) is 11.1. The summed E-state index contributed by atoms with van der Waals surface area (Å²) in [6.07, 6.45) is 5.74. The van der Waals surface area contributed by atoms with E-state index in [1.807, 2.05) is 12.1 Å². The van der Waals surface area contributed by atoms with Gasteiger partial charge in [-0.3, -0.25) is 0 Å². The van der Waals surface area contributed by atoms with E-state index in [4.69, 9.17) is 23.4 Å². The Balaban J connectivity index is 1.56. The molecule has 1 aromatic carbocycles. The molecule has 3 fully saturated rings. The number of aliphatic hydroxyl groups excluding tert-OH is 1. The molecule has 1 N–H and O–H groups in total. The summed E-state index contributed by atoms with van der Waals surface area (Å²) in [5.41, 5.74) is 0.559. The Labute approximate surface area is 231 Å². The number of methoxy groups -OCH3 is 1. The maximum absolute atomic E-state index is 11.9. The van der Waals surface area contributed by atoms with Crippen LogP contribution in [0.2, 0.25) is 18.1 Å². The van der Waals surface area contributed by atoms with Crippen molar-refractivity contribution in [2.24, 2.45) is 10.8 Å². The molecule has 2 aliphatic carbocycles. The minimum Gasteiger partial charge on any atom is -0.497 e. The van der Waals surface area contributed by atoms with Gasteiger partial charge in [-0.15, -0.1) is 0 Å². The molecule has 1 aliphatic heterocycles. The van der Waals surface area contributed by atoms with E-state index in [0.29, 0.717) is 26.2 Å². The smallest absolute Gasteiger partial charge is 0.192 e. The maximum Gasteiger partial charge on any atom is 0.192 e. The zero-order valence-electron chi connectivity index (χ0n) is 25.1. The van der Waals surface area contributed by atoms with Crippen LogP contribution in [0.25, 0.3) is 0 Å². The van der Waals surface area contributed by atoms with Gasteiger partial charge < -0.3 is 28.5 Å².